The molecule has 4 rings (SSSR count). The number of hydrogen-bond donors (Lipinski definition) is 1. The summed E-state index contributed by atoms with van der Waals surface area (Å²) in [5.74, 6) is -2.54. The van der Waals surface area contributed by atoms with Gasteiger partial charge in [-0.05, 0) is 32.1 Å². The third-order valence-electron chi connectivity index (χ3n) is 5.29. The highest BCUT2D eigenvalue weighted by atomic mass is 35.5. The highest BCUT2D eigenvalue weighted by Gasteiger charge is 2.47. The van der Waals surface area contributed by atoms with Crippen LogP contribution in [0, 0.1) is 17.0 Å². The van der Waals surface area contributed by atoms with Crippen molar-refractivity contribution in [2.24, 2.45) is 5.41 Å². The molecule has 2 aliphatic rings. The summed E-state index contributed by atoms with van der Waals surface area (Å²) in [4.78, 5) is 6.71. The van der Waals surface area contributed by atoms with Gasteiger partial charge in [0, 0.05) is 37.3 Å². The summed E-state index contributed by atoms with van der Waals surface area (Å²) in [5.41, 5.74) is 0.282. The van der Waals surface area contributed by atoms with Gasteiger partial charge in [-0.3, -0.25) is 4.72 Å². The van der Waals surface area contributed by atoms with Crippen molar-refractivity contribution in [3.8, 4) is 0 Å². The second kappa shape index (κ2) is 6.82. The first-order valence-electron chi connectivity index (χ1n) is 8.76. The number of nitrogens with zero attached hydrogens (tertiary/aromatic N) is 3. The molecule has 1 aromatic heterocycles. The van der Waals surface area contributed by atoms with Crippen molar-refractivity contribution in [2.45, 2.75) is 11.3 Å². The lowest BCUT2D eigenvalue weighted by Crippen LogP contribution is -2.57. The van der Waals surface area contributed by atoms with Crippen molar-refractivity contribution >= 4 is 33.1 Å². The molecule has 150 valence electrons. The van der Waals surface area contributed by atoms with E-state index < -0.39 is 31.6 Å². The minimum absolute atomic E-state index is 0.0449. The number of anilines is 2. The average molecular weight is 429 g/mol. The van der Waals surface area contributed by atoms with Crippen molar-refractivity contribution in [1.82, 2.24) is 9.88 Å². The molecular formula is C18H19ClF2N4O2S. The average Bonchev–Trinajstić information content (AvgIpc) is 2.99. The largest absolute Gasteiger partial charge is 0.369 e. The Morgan fingerprint density at radius 1 is 1.25 bits per heavy atom. The molecular weight excluding hydrogens is 410 g/mol. The molecule has 2 aromatic rings. The van der Waals surface area contributed by atoms with Crippen LogP contribution in [-0.4, -0.2) is 51.5 Å². The number of nitrogens with one attached hydrogen (secondary N) is 1. The number of likely N-dealkylation sites (tertiary alicyclic amines) is 1. The van der Waals surface area contributed by atoms with E-state index in [1.54, 1.807) is 17.0 Å². The van der Waals surface area contributed by atoms with Gasteiger partial charge in [-0.2, -0.15) is 0 Å². The maximum atomic E-state index is 14.8. The Bertz CT molecular complexity index is 1010. The summed E-state index contributed by atoms with van der Waals surface area (Å²) in [6.45, 7) is 3.18. The van der Waals surface area contributed by atoms with Crippen LogP contribution >= 0.6 is 11.6 Å². The Hall–Kier alpha value is -1.97. The Kier molecular flexibility index (Phi) is 4.71. The first-order chi connectivity index (χ1) is 13.2. The van der Waals surface area contributed by atoms with Gasteiger partial charge in [-0.25, -0.2) is 22.2 Å². The molecule has 1 N–H and O–H groups in total. The molecule has 6 nitrogen and oxygen atoms in total. The van der Waals surface area contributed by atoms with E-state index >= 15 is 0 Å². The van der Waals surface area contributed by atoms with Crippen molar-refractivity contribution < 1.29 is 17.2 Å². The summed E-state index contributed by atoms with van der Waals surface area (Å²) in [7, 11) is -2.49. The van der Waals surface area contributed by atoms with Crippen LogP contribution in [0.3, 0.4) is 0 Å². The van der Waals surface area contributed by atoms with Crippen molar-refractivity contribution in [2.75, 3.05) is 42.8 Å². The lowest BCUT2D eigenvalue weighted by Gasteiger charge is -2.49. The van der Waals surface area contributed by atoms with Gasteiger partial charge in [0.05, 0.1) is 5.69 Å². The van der Waals surface area contributed by atoms with Gasteiger partial charge in [0.1, 0.15) is 16.7 Å². The predicted molar refractivity (Wildman–Crippen MR) is 103 cm³/mol. The van der Waals surface area contributed by atoms with Crippen LogP contribution in [-0.2, 0) is 10.0 Å². The van der Waals surface area contributed by atoms with Crippen LogP contribution in [0.1, 0.15) is 6.42 Å². The van der Waals surface area contributed by atoms with Crippen LogP contribution in [0.25, 0.3) is 0 Å². The molecule has 10 heteroatoms. The molecule has 28 heavy (non-hydrogen) atoms. The minimum Gasteiger partial charge on any atom is -0.369 e. The Morgan fingerprint density at radius 2 is 2.00 bits per heavy atom. The summed E-state index contributed by atoms with van der Waals surface area (Å²) >= 11 is 6.11. The van der Waals surface area contributed by atoms with E-state index in [-0.39, 0.29) is 16.9 Å². The quantitative estimate of drug-likeness (QED) is 0.758. The molecule has 2 fully saturated rings. The van der Waals surface area contributed by atoms with Crippen molar-refractivity contribution in [1.29, 1.82) is 0 Å². The fraction of sp³-hybridized carbons (Fsp3) is 0.389. The number of rotatable bonds is 4. The first kappa shape index (κ1) is 19.4. The highest BCUT2D eigenvalue weighted by molar-refractivity contribution is 7.92. The molecule has 0 aliphatic carbocycles. The van der Waals surface area contributed by atoms with Crippen molar-refractivity contribution in [3.63, 3.8) is 0 Å². The lowest BCUT2D eigenvalue weighted by atomic mass is 9.78. The second-order valence-electron chi connectivity index (χ2n) is 7.50. The fourth-order valence-corrected chi connectivity index (χ4v) is 5.48. The zero-order valence-corrected chi connectivity index (χ0v) is 16.7. The maximum Gasteiger partial charge on any atom is 0.268 e. The molecule has 3 heterocycles. The third kappa shape index (κ3) is 3.31. The van der Waals surface area contributed by atoms with E-state index in [1.165, 1.54) is 12.3 Å². The molecule has 0 saturated carbocycles. The van der Waals surface area contributed by atoms with Crippen LogP contribution in [0.15, 0.2) is 35.4 Å². The van der Waals surface area contributed by atoms with Crippen molar-refractivity contribution in [3.05, 3.63) is 47.1 Å². The molecule has 1 spiro atoms. The first-order valence-corrected chi connectivity index (χ1v) is 10.6. The van der Waals surface area contributed by atoms with Gasteiger partial charge in [-0.15, -0.1) is 0 Å². The van der Waals surface area contributed by atoms with E-state index in [2.05, 4.69) is 14.6 Å². The zero-order chi connectivity index (χ0) is 20.1. The summed E-state index contributed by atoms with van der Waals surface area (Å²) < 4.78 is 56.5. The number of sulfonamides is 1. The topological polar surface area (TPSA) is 65.5 Å². The summed E-state index contributed by atoms with van der Waals surface area (Å²) in [6.07, 6.45) is 2.38. The van der Waals surface area contributed by atoms with Gasteiger partial charge in [-0.1, -0.05) is 17.7 Å². The van der Waals surface area contributed by atoms with Crippen LogP contribution in [0.4, 0.5) is 20.3 Å². The molecule has 0 unspecified atom stereocenters. The monoisotopic (exact) mass is 428 g/mol. The van der Waals surface area contributed by atoms with Gasteiger partial charge in [0.15, 0.2) is 10.7 Å². The number of pyridine rings is 1. The molecule has 0 radical (unpaired) electrons. The van der Waals surface area contributed by atoms with Crippen LogP contribution in [0.2, 0.25) is 5.02 Å². The SMILES string of the molecule is CN1CCC2(C1)CN(c1cc(F)c(S(=O)(=O)Nc3ccccn3)c(F)c1Cl)C2. The number of hydrogen-bond acceptors (Lipinski definition) is 5. The van der Waals surface area contributed by atoms with Gasteiger partial charge in [0.25, 0.3) is 10.0 Å². The lowest BCUT2D eigenvalue weighted by molar-refractivity contribution is 0.217. The van der Waals surface area contributed by atoms with Crippen LogP contribution < -0.4 is 9.62 Å². The predicted octanol–water partition coefficient (Wildman–Crippen LogP) is 2.96. The van der Waals surface area contributed by atoms with Gasteiger partial charge >= 0.3 is 0 Å². The molecule has 0 bridgehead atoms. The smallest absolute Gasteiger partial charge is 0.268 e. The third-order valence-corrected chi connectivity index (χ3v) is 7.04. The fourth-order valence-electron chi connectivity index (χ4n) is 4.00. The molecule has 0 amide bonds. The Morgan fingerprint density at radius 3 is 2.61 bits per heavy atom. The number of benzene rings is 1. The zero-order valence-electron chi connectivity index (χ0n) is 15.1. The van der Waals surface area contributed by atoms with Gasteiger partial charge < -0.3 is 9.80 Å². The normalized spacial score (nSPS) is 19.1. The maximum absolute atomic E-state index is 14.8. The Labute approximate surface area is 167 Å². The van der Waals surface area contributed by atoms with E-state index in [4.69, 9.17) is 11.6 Å². The summed E-state index contributed by atoms with van der Waals surface area (Å²) in [6, 6.07) is 5.51. The minimum atomic E-state index is -4.53. The molecule has 2 saturated heterocycles. The second-order valence-corrected chi connectivity index (χ2v) is 9.50. The molecule has 1 aromatic carbocycles. The van der Waals surface area contributed by atoms with E-state index in [0.717, 1.165) is 25.6 Å². The Balaban J connectivity index is 1.62. The standard InChI is InChI=1S/C18H19ClF2N4O2S/c1-24-7-5-18(9-24)10-25(11-18)13-8-12(20)17(16(21)15(13)19)28(26,27)23-14-4-2-3-6-22-14/h2-4,6,8H,5,7,9-11H2,1H3,(H,22,23). The van der Waals surface area contributed by atoms with E-state index in [1.807, 2.05) is 7.05 Å². The van der Waals surface area contributed by atoms with Crippen LogP contribution in [0.5, 0.6) is 0 Å². The van der Waals surface area contributed by atoms with E-state index in [0.29, 0.717) is 13.1 Å². The number of halogens is 3. The summed E-state index contributed by atoms with van der Waals surface area (Å²) in [5, 5.41) is -0.399. The van der Waals surface area contributed by atoms with E-state index in [9.17, 15) is 17.2 Å². The van der Waals surface area contributed by atoms with Gasteiger partial charge in [0.2, 0.25) is 0 Å². The molecule has 0 atom stereocenters. The number of aromatic nitrogens is 1. The highest BCUT2D eigenvalue weighted by Crippen LogP contribution is 2.45. The molecule has 2 aliphatic heterocycles.